The Balaban J connectivity index is 5.36. The molecule has 36 heavy (non-hydrogen) atoms. The van der Waals surface area contributed by atoms with E-state index in [0.717, 1.165) is 25.7 Å². The van der Waals surface area contributed by atoms with Crippen LogP contribution >= 0.6 is 7.82 Å². The van der Waals surface area contributed by atoms with E-state index in [9.17, 15) is 19.0 Å². The highest BCUT2D eigenvalue weighted by atomic mass is 31.2. The fourth-order valence-corrected chi connectivity index (χ4v) is 3.40. The summed E-state index contributed by atoms with van der Waals surface area (Å²) >= 11 is 0. The van der Waals surface area contributed by atoms with Crippen LogP contribution in [0.5, 0.6) is 0 Å². The maximum absolute atomic E-state index is 12.5. The number of rotatable bonds is 22. The van der Waals surface area contributed by atoms with Crippen molar-refractivity contribution >= 4 is 19.8 Å². The molecule has 0 heterocycles. The molecule has 1 N–H and O–H groups in total. The number of allylic oxidation sites excluding steroid dienone is 4. The highest BCUT2D eigenvalue weighted by Gasteiger charge is 2.26. The zero-order valence-electron chi connectivity index (χ0n) is 30.5. The summed E-state index contributed by atoms with van der Waals surface area (Å²) in [5, 5.41) is 0. The number of phosphoric acid groups is 1. The number of carbonyl (C=O) groups is 2. The smallest absolute Gasteiger partial charge is 0.462 e. The average Bonchev–Trinajstić information content (AvgIpc) is 2.89. The highest BCUT2D eigenvalue weighted by Crippen LogP contribution is 2.43. The second kappa shape index (κ2) is 20.5. The van der Waals surface area contributed by atoms with E-state index in [2.05, 4.69) is 0 Å². The number of ether oxygens (including phenoxy) is 2. The van der Waals surface area contributed by atoms with Crippen LogP contribution in [0.1, 0.15) is 90.4 Å². The zero-order valence-corrected chi connectivity index (χ0v) is 22.4. The lowest BCUT2D eigenvalue weighted by Gasteiger charge is -2.24. The van der Waals surface area contributed by atoms with Gasteiger partial charge < -0.3 is 18.9 Å². The Morgan fingerprint density at radius 2 is 1.44 bits per heavy atom. The summed E-state index contributed by atoms with van der Waals surface area (Å²) in [6, 6.07) is 0. The van der Waals surface area contributed by atoms with Gasteiger partial charge >= 0.3 is 19.8 Å². The molecule has 1 unspecified atom stereocenters. The van der Waals surface area contributed by atoms with Gasteiger partial charge in [-0.3, -0.25) is 18.6 Å². The SMILES string of the molecule is [2H]C([2H])([2H])[N+](CCOP(=O)(O)OC[C@@H](COC(=O)CCC/C=C\CCC)OC(=O)CCC/C=C\CCC)(C([2H])([2H])[2H])C([2H])([2H])[2H]. The fraction of sp³-hybridized carbons (Fsp3) is 0.769. The quantitative estimate of drug-likeness (QED) is 0.0641. The molecule has 0 saturated carbocycles. The lowest BCUT2D eigenvalue weighted by Crippen LogP contribution is -2.37. The van der Waals surface area contributed by atoms with Crippen LogP contribution in [0.2, 0.25) is 0 Å². The van der Waals surface area contributed by atoms with Crippen molar-refractivity contribution in [3.05, 3.63) is 24.3 Å². The van der Waals surface area contributed by atoms with Crippen molar-refractivity contribution in [2.75, 3.05) is 47.3 Å². The third-order valence-corrected chi connectivity index (χ3v) is 5.56. The van der Waals surface area contributed by atoms with Gasteiger partial charge in [0.15, 0.2) is 6.10 Å². The van der Waals surface area contributed by atoms with Gasteiger partial charge in [0, 0.05) is 12.8 Å². The number of quaternary nitrogens is 1. The Labute approximate surface area is 230 Å². The van der Waals surface area contributed by atoms with Crippen molar-refractivity contribution < 1.29 is 54.4 Å². The van der Waals surface area contributed by atoms with Gasteiger partial charge in [0.1, 0.15) is 19.8 Å². The minimum atomic E-state index is -5.06. The molecule has 0 amide bonds. The predicted octanol–water partition coefficient (Wildman–Crippen LogP) is 5.33. The minimum Gasteiger partial charge on any atom is -0.462 e. The fourth-order valence-electron chi connectivity index (χ4n) is 2.66. The molecule has 0 saturated heterocycles. The van der Waals surface area contributed by atoms with Crippen molar-refractivity contribution in [1.82, 2.24) is 0 Å². The second-order valence-corrected chi connectivity index (χ2v) is 9.68. The van der Waals surface area contributed by atoms with Crippen LogP contribution in [-0.4, -0.2) is 74.7 Å². The summed E-state index contributed by atoms with van der Waals surface area (Å²) in [5.74, 6) is -1.26. The molecule has 9 nitrogen and oxygen atoms in total. The van der Waals surface area contributed by atoms with E-state index >= 15 is 0 Å². The molecule has 210 valence electrons. The topological polar surface area (TPSA) is 108 Å². The maximum atomic E-state index is 12.5. The van der Waals surface area contributed by atoms with E-state index < -0.39 is 77.6 Å². The number of nitrogens with zero attached hydrogens (tertiary/aromatic N) is 1. The molecule has 0 aliphatic rings. The van der Waals surface area contributed by atoms with Crippen molar-refractivity contribution in [1.29, 1.82) is 0 Å². The average molecular weight is 544 g/mol. The van der Waals surface area contributed by atoms with Crippen molar-refractivity contribution in [2.45, 2.75) is 84.2 Å². The van der Waals surface area contributed by atoms with E-state index in [1.807, 2.05) is 38.2 Å². The summed E-state index contributed by atoms with van der Waals surface area (Å²) in [5.41, 5.74) is 0. The molecule has 0 bridgehead atoms. The molecule has 0 aromatic rings. The zero-order chi connectivity index (χ0) is 34.8. The van der Waals surface area contributed by atoms with Crippen LogP contribution in [0.25, 0.3) is 0 Å². The van der Waals surface area contributed by atoms with Gasteiger partial charge in [-0.2, -0.15) is 0 Å². The van der Waals surface area contributed by atoms with Crippen LogP contribution in [0.15, 0.2) is 24.3 Å². The molecule has 0 radical (unpaired) electrons. The van der Waals surface area contributed by atoms with Gasteiger partial charge in [0.05, 0.1) is 39.9 Å². The Kier molecular flexibility index (Phi) is 12.2. The Morgan fingerprint density at radius 1 is 0.889 bits per heavy atom. The Bertz CT molecular complexity index is 949. The molecule has 0 spiro atoms. The first-order valence-corrected chi connectivity index (χ1v) is 13.9. The first-order chi connectivity index (χ1) is 20.7. The predicted molar refractivity (Wildman–Crippen MR) is 141 cm³/mol. The molecule has 10 heteroatoms. The summed E-state index contributed by atoms with van der Waals surface area (Å²) < 4.78 is 98.7. The van der Waals surface area contributed by atoms with E-state index in [-0.39, 0.29) is 12.8 Å². The molecule has 0 aromatic carbocycles. The van der Waals surface area contributed by atoms with Gasteiger partial charge in [-0.25, -0.2) is 4.57 Å². The summed E-state index contributed by atoms with van der Waals surface area (Å²) in [7, 11) is -5.06. The van der Waals surface area contributed by atoms with Crippen LogP contribution in [0.4, 0.5) is 0 Å². The van der Waals surface area contributed by atoms with Gasteiger partial charge in [0.2, 0.25) is 0 Å². The highest BCUT2D eigenvalue weighted by molar-refractivity contribution is 7.47. The van der Waals surface area contributed by atoms with E-state index in [1.165, 1.54) is 0 Å². The molecular formula is C26H49NO8P+. The lowest BCUT2D eigenvalue weighted by atomic mass is 10.2. The second-order valence-electron chi connectivity index (χ2n) is 8.23. The number of likely N-dealkylation sites (N-methyl/N-ethyl adjacent to an activating group) is 1. The van der Waals surface area contributed by atoms with E-state index in [4.69, 9.17) is 30.9 Å². The normalized spacial score (nSPS) is 19.5. The summed E-state index contributed by atoms with van der Waals surface area (Å²) in [4.78, 5) is 34.7. The van der Waals surface area contributed by atoms with Crippen LogP contribution in [0.3, 0.4) is 0 Å². The monoisotopic (exact) mass is 543 g/mol. The van der Waals surface area contributed by atoms with Crippen LogP contribution in [0, 0.1) is 0 Å². The van der Waals surface area contributed by atoms with Crippen LogP contribution in [-0.2, 0) is 32.7 Å². The standard InChI is InChI=1S/C26H48NO8P/c1-6-8-10-12-14-16-18-25(28)32-22-24(35-26(29)19-17-15-13-11-9-7-2)23-34-36(30,31)33-21-20-27(3,4)5/h10-13,24H,6-9,14-23H2,1-5H3/p+1/b12-10-,13-11-/t24-/m1/s1/i3D3,4D3,5D3. The van der Waals surface area contributed by atoms with Crippen molar-refractivity contribution in [3.63, 3.8) is 0 Å². The van der Waals surface area contributed by atoms with Crippen molar-refractivity contribution in [2.24, 2.45) is 0 Å². The van der Waals surface area contributed by atoms with E-state index in [0.29, 0.717) is 25.7 Å². The number of carbonyl (C=O) groups excluding carboxylic acids is 2. The molecule has 0 aromatic heterocycles. The largest absolute Gasteiger partial charge is 0.472 e. The van der Waals surface area contributed by atoms with Crippen molar-refractivity contribution in [3.8, 4) is 0 Å². The minimum absolute atomic E-state index is 0.0116. The third kappa shape index (κ3) is 22.9. The third-order valence-electron chi connectivity index (χ3n) is 4.58. The number of hydrogen-bond donors (Lipinski definition) is 1. The molecular weight excluding hydrogens is 485 g/mol. The molecule has 2 atom stereocenters. The van der Waals surface area contributed by atoms with Gasteiger partial charge in [-0.1, -0.05) is 51.0 Å². The summed E-state index contributed by atoms with van der Waals surface area (Å²) in [6.07, 6.45) is 12.8. The number of esters is 2. The first-order valence-electron chi connectivity index (χ1n) is 16.9. The van der Waals surface area contributed by atoms with Gasteiger partial charge in [-0.15, -0.1) is 0 Å². The van der Waals surface area contributed by atoms with Gasteiger partial charge in [-0.05, 0) is 38.5 Å². The van der Waals surface area contributed by atoms with E-state index in [1.54, 1.807) is 0 Å². The van der Waals surface area contributed by atoms with Crippen LogP contribution < -0.4 is 0 Å². The first kappa shape index (κ1) is 21.4. The Morgan fingerprint density at radius 3 is 2.00 bits per heavy atom. The van der Waals surface area contributed by atoms with Gasteiger partial charge in [0.25, 0.3) is 0 Å². The lowest BCUT2D eigenvalue weighted by molar-refractivity contribution is -0.870. The number of phosphoric ester groups is 1. The molecule has 0 aliphatic heterocycles. The Hall–Kier alpha value is -1.51. The molecule has 0 rings (SSSR count). The maximum Gasteiger partial charge on any atom is 0.472 e. The molecule has 0 aliphatic carbocycles. The number of hydrogen-bond acceptors (Lipinski definition) is 7. The number of unbranched alkanes of at least 4 members (excludes halogenated alkanes) is 4. The summed E-state index contributed by atoms with van der Waals surface area (Å²) in [6.45, 7) is -10.2. The molecule has 0 fully saturated rings.